The van der Waals surface area contributed by atoms with Crippen molar-refractivity contribution in [2.45, 2.75) is 49.1 Å². The number of carbonyl (C=O) groups excluding carboxylic acids is 4. The highest BCUT2D eigenvalue weighted by Crippen LogP contribution is 2.54. The number of fused-ring (bicyclic) bond motifs is 2. The summed E-state index contributed by atoms with van der Waals surface area (Å²) in [6.07, 6.45) is -0.433. The molecule has 2 aliphatic carbocycles. The lowest BCUT2D eigenvalue weighted by Gasteiger charge is -2.38. The Morgan fingerprint density at radius 2 is 1.81 bits per heavy atom. The maximum Gasteiger partial charge on any atom is 0.411 e. The van der Waals surface area contributed by atoms with Crippen LogP contribution in [0.2, 0.25) is 0 Å². The Kier molecular flexibility index (Phi) is 7.11. The van der Waals surface area contributed by atoms with E-state index < -0.39 is 66.2 Å². The summed E-state index contributed by atoms with van der Waals surface area (Å²) in [5.74, 6) is -2.98. The van der Waals surface area contributed by atoms with Crippen LogP contribution in [0.25, 0.3) is 11.1 Å². The summed E-state index contributed by atoms with van der Waals surface area (Å²) < 4.78 is 57.9. The molecule has 3 heterocycles. The van der Waals surface area contributed by atoms with Crippen LogP contribution in [-0.2, 0) is 21.7 Å². The first-order valence-electron chi connectivity index (χ1n) is 15.2. The van der Waals surface area contributed by atoms with Gasteiger partial charge >= 0.3 is 12.2 Å². The van der Waals surface area contributed by atoms with Crippen molar-refractivity contribution >= 4 is 23.6 Å². The van der Waals surface area contributed by atoms with Gasteiger partial charge in [-0.3, -0.25) is 28.9 Å². The predicted octanol–water partition coefficient (Wildman–Crippen LogP) is 4.19. The van der Waals surface area contributed by atoms with E-state index in [9.17, 15) is 36.7 Å². The lowest BCUT2D eigenvalue weighted by atomic mass is 9.90. The van der Waals surface area contributed by atoms with Crippen LogP contribution in [0.15, 0.2) is 67.5 Å². The fourth-order valence-electron chi connectivity index (χ4n) is 6.85. The SMILES string of the molecule is C=CCN1CC(n2cc(-c3ccc4c(c3)C(=O)C[C@]43NC(=O)N(CC(=O)N(Cc4ccc(F)cc4)C4(C(F)(F)F)CC4)C3=O)cn2)C1. The predicted molar refractivity (Wildman–Crippen MR) is 159 cm³/mol. The number of benzene rings is 2. The third-order valence-electron chi connectivity index (χ3n) is 9.63. The van der Waals surface area contributed by atoms with Gasteiger partial charge in [0.25, 0.3) is 5.91 Å². The summed E-state index contributed by atoms with van der Waals surface area (Å²) in [5, 5.41) is 7.03. The molecule has 14 heteroatoms. The van der Waals surface area contributed by atoms with E-state index in [2.05, 4.69) is 21.9 Å². The number of nitrogens with zero attached hydrogens (tertiary/aromatic N) is 5. The smallest absolute Gasteiger partial charge is 0.322 e. The molecule has 0 radical (unpaired) electrons. The van der Waals surface area contributed by atoms with E-state index in [1.807, 2.05) is 17.0 Å². The number of ketones is 1. The number of hydrogen-bond donors (Lipinski definition) is 1. The first kappa shape index (κ1) is 30.8. The van der Waals surface area contributed by atoms with E-state index in [4.69, 9.17) is 0 Å². The van der Waals surface area contributed by atoms with Gasteiger partial charge in [0.1, 0.15) is 17.9 Å². The zero-order valence-corrected chi connectivity index (χ0v) is 25.1. The summed E-state index contributed by atoms with van der Waals surface area (Å²) >= 11 is 0. The minimum absolute atomic E-state index is 0.209. The molecular weight excluding hydrogens is 620 g/mol. The Hall–Kier alpha value is -4.85. The Bertz CT molecular complexity index is 1810. The zero-order chi connectivity index (χ0) is 33.3. The minimum atomic E-state index is -4.77. The van der Waals surface area contributed by atoms with Crippen molar-refractivity contribution in [3.8, 4) is 11.1 Å². The molecule has 47 heavy (non-hydrogen) atoms. The molecule has 7 rings (SSSR count). The highest BCUT2D eigenvalue weighted by Gasteiger charge is 2.68. The number of Topliss-reactive ketones (excluding diaryl/α,β-unsaturated/α-hetero) is 1. The number of aromatic nitrogens is 2. The second-order valence-electron chi connectivity index (χ2n) is 12.6. The average molecular weight is 651 g/mol. The first-order chi connectivity index (χ1) is 22.3. The van der Waals surface area contributed by atoms with Crippen LogP contribution in [-0.4, -0.2) is 86.0 Å². The number of rotatable bonds is 9. The van der Waals surface area contributed by atoms with Crippen LogP contribution >= 0.6 is 0 Å². The number of hydrogen-bond acceptors (Lipinski definition) is 6. The molecule has 1 atom stereocenters. The maximum atomic E-state index is 14.2. The molecule has 4 amide bonds. The van der Waals surface area contributed by atoms with Gasteiger partial charge in [0.15, 0.2) is 11.3 Å². The third-order valence-corrected chi connectivity index (χ3v) is 9.63. The number of urea groups is 1. The highest BCUT2D eigenvalue weighted by atomic mass is 19.4. The summed E-state index contributed by atoms with van der Waals surface area (Å²) in [4.78, 5) is 57.2. The molecule has 4 aliphatic rings. The maximum absolute atomic E-state index is 14.2. The lowest BCUT2D eigenvalue weighted by molar-refractivity contribution is -0.202. The van der Waals surface area contributed by atoms with Gasteiger partial charge in [-0.15, -0.1) is 6.58 Å². The number of halogens is 4. The van der Waals surface area contributed by atoms with Gasteiger partial charge in [-0.1, -0.05) is 30.3 Å². The second kappa shape index (κ2) is 10.9. The van der Waals surface area contributed by atoms with Crippen molar-refractivity contribution in [2.24, 2.45) is 0 Å². The summed E-state index contributed by atoms with van der Waals surface area (Å²) in [6.45, 7) is 4.75. The van der Waals surface area contributed by atoms with Gasteiger partial charge in [-0.2, -0.15) is 18.3 Å². The number of alkyl halides is 3. The third kappa shape index (κ3) is 5.01. The van der Waals surface area contributed by atoms with Crippen molar-refractivity contribution in [1.82, 2.24) is 29.8 Å². The van der Waals surface area contributed by atoms with Crippen molar-refractivity contribution < 1.29 is 36.7 Å². The standard InChI is InChI=1S/C33H30F4N6O4/c1-2-11-40-17-24(18-40)43-16-22(14-38-43)21-5-8-26-25(12-21)27(44)13-32(26)29(46)41(30(47)39-32)19-28(45)42(31(9-10-31)33(35,36)37)15-20-3-6-23(34)7-4-20/h2-8,12,14,16,24H,1,9-11,13,15,17-19H2,(H,39,47)/t32-/m0/s1. The van der Waals surface area contributed by atoms with Gasteiger partial charge in [-0.25, -0.2) is 9.18 Å². The van der Waals surface area contributed by atoms with Gasteiger partial charge in [0, 0.05) is 49.9 Å². The van der Waals surface area contributed by atoms with Crippen LogP contribution in [0.5, 0.6) is 0 Å². The fraction of sp³-hybridized carbons (Fsp3) is 0.364. The monoisotopic (exact) mass is 650 g/mol. The summed E-state index contributed by atoms with van der Waals surface area (Å²) in [7, 11) is 0. The highest BCUT2D eigenvalue weighted by molar-refractivity contribution is 6.17. The number of likely N-dealkylation sites (tertiary alicyclic amines) is 1. The van der Waals surface area contributed by atoms with Crippen molar-refractivity contribution in [1.29, 1.82) is 0 Å². The first-order valence-corrected chi connectivity index (χ1v) is 15.2. The number of amides is 4. The molecule has 0 unspecified atom stereocenters. The second-order valence-corrected chi connectivity index (χ2v) is 12.6. The molecule has 1 aromatic heterocycles. The van der Waals surface area contributed by atoms with Crippen LogP contribution in [0, 0.1) is 5.82 Å². The van der Waals surface area contributed by atoms with Crippen molar-refractivity contribution in [3.05, 3.63) is 90.0 Å². The van der Waals surface area contributed by atoms with E-state index in [1.54, 1.807) is 24.4 Å². The van der Waals surface area contributed by atoms with Crippen molar-refractivity contribution in [3.63, 3.8) is 0 Å². The Balaban J connectivity index is 1.11. The molecular formula is C33H30F4N6O4. The van der Waals surface area contributed by atoms with Crippen LogP contribution in [0.1, 0.15) is 46.8 Å². The number of nitrogens with one attached hydrogen (secondary N) is 1. The van der Waals surface area contributed by atoms with Gasteiger partial charge in [-0.05, 0) is 47.7 Å². The molecule has 1 N–H and O–H groups in total. The van der Waals surface area contributed by atoms with E-state index >= 15 is 0 Å². The topological polar surface area (TPSA) is 108 Å². The molecule has 10 nitrogen and oxygen atoms in total. The minimum Gasteiger partial charge on any atom is -0.322 e. The van der Waals surface area contributed by atoms with Crippen LogP contribution in [0.4, 0.5) is 22.4 Å². The molecule has 2 aliphatic heterocycles. The Labute approximate surface area is 266 Å². The molecule has 1 saturated carbocycles. The quantitative estimate of drug-likeness (QED) is 0.212. The van der Waals surface area contributed by atoms with E-state index in [0.29, 0.717) is 15.4 Å². The lowest BCUT2D eigenvalue weighted by Crippen LogP contribution is -2.54. The molecule has 1 spiro atoms. The Morgan fingerprint density at radius 1 is 1.09 bits per heavy atom. The van der Waals surface area contributed by atoms with Crippen LogP contribution < -0.4 is 5.32 Å². The molecule has 2 aromatic carbocycles. The molecule has 2 saturated heterocycles. The largest absolute Gasteiger partial charge is 0.411 e. The Morgan fingerprint density at radius 3 is 2.47 bits per heavy atom. The number of carbonyl (C=O) groups is 4. The molecule has 244 valence electrons. The van der Waals surface area contributed by atoms with E-state index in [0.717, 1.165) is 37.3 Å². The van der Waals surface area contributed by atoms with Gasteiger partial charge in [0.05, 0.1) is 12.2 Å². The molecule has 0 bridgehead atoms. The summed E-state index contributed by atoms with van der Waals surface area (Å²) in [6, 6.07) is 8.84. The van der Waals surface area contributed by atoms with Gasteiger partial charge < -0.3 is 10.2 Å². The van der Waals surface area contributed by atoms with Crippen molar-refractivity contribution in [2.75, 3.05) is 26.2 Å². The number of imide groups is 1. The fourth-order valence-corrected chi connectivity index (χ4v) is 6.85. The zero-order valence-electron chi connectivity index (χ0n) is 25.1. The summed E-state index contributed by atoms with van der Waals surface area (Å²) in [5.41, 5.74) is -2.06. The van der Waals surface area contributed by atoms with Crippen LogP contribution in [0.3, 0.4) is 0 Å². The molecule has 3 aromatic rings. The normalized spacial score (nSPS) is 22.0. The van der Waals surface area contributed by atoms with Gasteiger partial charge in [0.2, 0.25) is 5.91 Å². The van der Waals surface area contributed by atoms with E-state index in [-0.39, 0.29) is 35.6 Å². The van der Waals surface area contributed by atoms with E-state index in [1.165, 1.54) is 12.1 Å². The average Bonchev–Trinajstić information content (AvgIpc) is 3.53. The molecule has 3 fully saturated rings.